The van der Waals surface area contributed by atoms with E-state index >= 15 is 0 Å². The van der Waals surface area contributed by atoms with Gasteiger partial charge in [-0.3, -0.25) is 0 Å². The molecule has 0 radical (unpaired) electrons. The minimum atomic E-state index is -0.315. The molecule has 1 unspecified atom stereocenters. The van der Waals surface area contributed by atoms with E-state index in [1.54, 1.807) is 0 Å². The van der Waals surface area contributed by atoms with Crippen LogP contribution in [0.15, 0.2) is 24.3 Å². The van der Waals surface area contributed by atoms with Crippen molar-refractivity contribution < 1.29 is 9.84 Å². The van der Waals surface area contributed by atoms with Crippen LogP contribution >= 0.6 is 0 Å². The monoisotopic (exact) mass is 262 g/mol. The summed E-state index contributed by atoms with van der Waals surface area (Å²) in [5, 5.41) is 10.3. The Labute approximate surface area is 116 Å². The molecule has 1 N–H and O–H groups in total. The summed E-state index contributed by atoms with van der Waals surface area (Å²) in [6.07, 6.45) is 5.46. The van der Waals surface area contributed by atoms with Crippen molar-refractivity contribution in [2.75, 3.05) is 6.61 Å². The zero-order chi connectivity index (χ0) is 13.7. The Bertz CT molecular complexity index is 383. The molecule has 1 atom stereocenters. The van der Waals surface area contributed by atoms with Gasteiger partial charge in [0.2, 0.25) is 0 Å². The highest BCUT2D eigenvalue weighted by Gasteiger charge is 2.31. The van der Waals surface area contributed by atoms with E-state index < -0.39 is 0 Å². The van der Waals surface area contributed by atoms with Crippen LogP contribution in [0.2, 0.25) is 0 Å². The first-order valence-electron chi connectivity index (χ1n) is 7.61. The summed E-state index contributed by atoms with van der Waals surface area (Å²) in [6, 6.07) is 8.41. The van der Waals surface area contributed by atoms with E-state index in [-0.39, 0.29) is 6.10 Å². The second kappa shape index (κ2) is 7.06. The summed E-state index contributed by atoms with van der Waals surface area (Å²) < 4.78 is 5.56. The zero-order valence-corrected chi connectivity index (χ0v) is 12.1. The molecule has 1 aliphatic carbocycles. The Morgan fingerprint density at radius 1 is 1.32 bits per heavy atom. The molecule has 2 rings (SSSR count). The number of ether oxygens (including phenoxy) is 1. The number of rotatable bonds is 7. The Kier molecular flexibility index (Phi) is 5.41. The minimum absolute atomic E-state index is 0.315. The van der Waals surface area contributed by atoms with E-state index in [1.807, 2.05) is 13.0 Å². The molecule has 0 aliphatic heterocycles. The van der Waals surface area contributed by atoms with Gasteiger partial charge in [0.15, 0.2) is 0 Å². The molecule has 1 fully saturated rings. The van der Waals surface area contributed by atoms with Crippen molar-refractivity contribution in [1.82, 2.24) is 0 Å². The molecule has 19 heavy (non-hydrogen) atoms. The van der Waals surface area contributed by atoms with Gasteiger partial charge in [-0.1, -0.05) is 37.6 Å². The molecule has 1 aromatic rings. The molecule has 0 aromatic heterocycles. The summed E-state index contributed by atoms with van der Waals surface area (Å²) in [5.74, 6) is 0.626. The molecular weight excluding hydrogens is 236 g/mol. The minimum Gasteiger partial charge on any atom is -0.388 e. The third-order valence-electron chi connectivity index (χ3n) is 4.03. The number of aryl methyl sites for hydroxylation is 1. The van der Waals surface area contributed by atoms with Gasteiger partial charge in [-0.2, -0.15) is 0 Å². The lowest BCUT2D eigenvalue weighted by molar-refractivity contribution is -0.0380. The van der Waals surface area contributed by atoms with Gasteiger partial charge in [0.1, 0.15) is 0 Å². The van der Waals surface area contributed by atoms with E-state index in [2.05, 4.69) is 25.1 Å². The van der Waals surface area contributed by atoms with Gasteiger partial charge in [0.05, 0.1) is 12.2 Å². The predicted molar refractivity (Wildman–Crippen MR) is 78.2 cm³/mol. The standard InChI is InChI=1S/C17H26O2/c1-3-6-13-7-5-8-15(9-13)17(18)12-14-10-16(11-14)19-4-2/h5,7-9,14,16-18H,3-4,6,10-12H2,1-2H3. The third-order valence-corrected chi connectivity index (χ3v) is 4.03. The highest BCUT2D eigenvalue weighted by molar-refractivity contribution is 5.25. The van der Waals surface area contributed by atoms with E-state index in [1.165, 1.54) is 5.56 Å². The van der Waals surface area contributed by atoms with Crippen LogP contribution in [0.3, 0.4) is 0 Å². The van der Waals surface area contributed by atoms with Crippen molar-refractivity contribution in [3.63, 3.8) is 0 Å². The first-order valence-corrected chi connectivity index (χ1v) is 7.61. The average molecular weight is 262 g/mol. The largest absolute Gasteiger partial charge is 0.388 e. The molecule has 0 spiro atoms. The molecule has 0 bridgehead atoms. The SMILES string of the molecule is CCCc1cccc(C(O)CC2CC(OCC)C2)c1. The van der Waals surface area contributed by atoms with Gasteiger partial charge in [0, 0.05) is 6.61 Å². The van der Waals surface area contributed by atoms with E-state index in [0.717, 1.165) is 44.3 Å². The van der Waals surface area contributed by atoms with Crippen LogP contribution < -0.4 is 0 Å². The van der Waals surface area contributed by atoms with Crippen molar-refractivity contribution >= 4 is 0 Å². The average Bonchev–Trinajstić information content (AvgIpc) is 2.37. The van der Waals surface area contributed by atoms with Gasteiger partial charge in [-0.05, 0) is 49.7 Å². The smallest absolute Gasteiger partial charge is 0.0792 e. The maximum atomic E-state index is 10.3. The Morgan fingerprint density at radius 3 is 2.79 bits per heavy atom. The van der Waals surface area contributed by atoms with E-state index in [0.29, 0.717) is 12.0 Å². The third kappa shape index (κ3) is 4.05. The highest BCUT2D eigenvalue weighted by atomic mass is 16.5. The summed E-state index contributed by atoms with van der Waals surface area (Å²) in [4.78, 5) is 0. The molecule has 0 heterocycles. The lowest BCUT2D eigenvalue weighted by Crippen LogP contribution is -2.32. The summed E-state index contributed by atoms with van der Waals surface area (Å²) in [6.45, 7) is 5.03. The van der Waals surface area contributed by atoms with E-state index in [4.69, 9.17) is 4.74 Å². The van der Waals surface area contributed by atoms with Crippen molar-refractivity contribution in [3.05, 3.63) is 35.4 Å². The van der Waals surface area contributed by atoms with Gasteiger partial charge in [-0.15, -0.1) is 0 Å². The van der Waals surface area contributed by atoms with Gasteiger partial charge >= 0.3 is 0 Å². The molecule has 0 saturated heterocycles. The molecule has 2 nitrogen and oxygen atoms in total. The molecule has 1 aromatic carbocycles. The Morgan fingerprint density at radius 2 is 2.11 bits per heavy atom. The van der Waals surface area contributed by atoms with Crippen LogP contribution in [0.1, 0.15) is 56.8 Å². The van der Waals surface area contributed by atoms with E-state index in [9.17, 15) is 5.11 Å². The van der Waals surface area contributed by atoms with Crippen molar-refractivity contribution in [1.29, 1.82) is 0 Å². The molecule has 1 aliphatic rings. The normalized spacial score (nSPS) is 23.9. The van der Waals surface area contributed by atoms with Crippen molar-refractivity contribution in [2.24, 2.45) is 5.92 Å². The molecule has 1 saturated carbocycles. The Balaban J connectivity index is 1.83. The van der Waals surface area contributed by atoms with Crippen LogP contribution in [-0.2, 0) is 11.2 Å². The van der Waals surface area contributed by atoms with Crippen LogP contribution in [0, 0.1) is 5.92 Å². The van der Waals surface area contributed by atoms with Crippen LogP contribution in [0.4, 0.5) is 0 Å². The first-order chi connectivity index (χ1) is 9.22. The van der Waals surface area contributed by atoms with Crippen LogP contribution in [0.25, 0.3) is 0 Å². The number of hydrogen-bond acceptors (Lipinski definition) is 2. The summed E-state index contributed by atoms with van der Waals surface area (Å²) in [7, 11) is 0. The maximum Gasteiger partial charge on any atom is 0.0792 e. The molecule has 2 heteroatoms. The predicted octanol–water partition coefficient (Wildman–Crippen LogP) is 3.88. The van der Waals surface area contributed by atoms with Crippen LogP contribution in [-0.4, -0.2) is 17.8 Å². The summed E-state index contributed by atoms with van der Waals surface area (Å²) in [5.41, 5.74) is 2.41. The lowest BCUT2D eigenvalue weighted by Gasteiger charge is -2.36. The zero-order valence-electron chi connectivity index (χ0n) is 12.1. The lowest BCUT2D eigenvalue weighted by atomic mass is 9.78. The number of benzene rings is 1. The second-order valence-corrected chi connectivity index (χ2v) is 5.66. The second-order valence-electron chi connectivity index (χ2n) is 5.66. The first kappa shape index (κ1) is 14.5. The van der Waals surface area contributed by atoms with Gasteiger partial charge in [0.25, 0.3) is 0 Å². The maximum absolute atomic E-state index is 10.3. The molecule has 0 amide bonds. The Hall–Kier alpha value is -0.860. The summed E-state index contributed by atoms with van der Waals surface area (Å²) >= 11 is 0. The van der Waals surface area contributed by atoms with Gasteiger partial charge < -0.3 is 9.84 Å². The topological polar surface area (TPSA) is 29.5 Å². The number of hydrogen-bond donors (Lipinski definition) is 1. The van der Waals surface area contributed by atoms with Crippen LogP contribution in [0.5, 0.6) is 0 Å². The molecule has 106 valence electrons. The fourth-order valence-electron chi connectivity index (χ4n) is 2.94. The fourth-order valence-corrected chi connectivity index (χ4v) is 2.94. The van der Waals surface area contributed by atoms with Crippen molar-refractivity contribution in [2.45, 2.75) is 58.2 Å². The molecular formula is C17H26O2. The van der Waals surface area contributed by atoms with Crippen molar-refractivity contribution in [3.8, 4) is 0 Å². The quantitative estimate of drug-likeness (QED) is 0.808. The number of aliphatic hydroxyl groups is 1. The fraction of sp³-hybridized carbons (Fsp3) is 0.647. The highest BCUT2D eigenvalue weighted by Crippen LogP contribution is 2.37. The van der Waals surface area contributed by atoms with Gasteiger partial charge in [-0.25, -0.2) is 0 Å². The number of aliphatic hydroxyl groups excluding tert-OH is 1.